The molecule has 0 bridgehead atoms. The lowest BCUT2D eigenvalue weighted by Gasteiger charge is -2.29. The first-order valence-corrected chi connectivity index (χ1v) is 14.0. The molecule has 1 amide bonds. The number of hydrogen-bond donors (Lipinski definition) is 3. The Kier molecular flexibility index (Phi) is 15.2. The largest absolute Gasteiger partial charge is 0.392 e. The third-order valence-corrected chi connectivity index (χ3v) is 7.08. The van der Waals surface area contributed by atoms with E-state index < -0.39 is 6.10 Å². The van der Waals surface area contributed by atoms with Crippen LogP contribution in [0.15, 0.2) is 30.3 Å². The topological polar surface area (TPSA) is 72.8 Å². The Balaban J connectivity index is 1.59. The molecular weight excluding hydrogens is 424 g/mol. The van der Waals surface area contributed by atoms with E-state index in [1.165, 1.54) is 70.6 Å². The second-order valence-electron chi connectivity index (χ2n) is 10.2. The van der Waals surface area contributed by atoms with Gasteiger partial charge in [-0.05, 0) is 18.4 Å². The fourth-order valence-corrected chi connectivity index (χ4v) is 4.95. The molecular formula is C29H50N2O3. The van der Waals surface area contributed by atoms with Gasteiger partial charge in [0.25, 0.3) is 0 Å². The summed E-state index contributed by atoms with van der Waals surface area (Å²) >= 11 is 0. The highest BCUT2D eigenvalue weighted by Crippen LogP contribution is 2.20. The number of carbonyl (C=O) groups excluding carboxylic acids is 1. The van der Waals surface area contributed by atoms with Gasteiger partial charge in [-0.25, -0.2) is 0 Å². The van der Waals surface area contributed by atoms with Gasteiger partial charge >= 0.3 is 0 Å². The summed E-state index contributed by atoms with van der Waals surface area (Å²) in [7, 11) is 0. The minimum atomic E-state index is -0.755. The summed E-state index contributed by atoms with van der Waals surface area (Å²) in [6, 6.07) is 9.16. The van der Waals surface area contributed by atoms with E-state index in [2.05, 4.69) is 17.1 Å². The van der Waals surface area contributed by atoms with Crippen LogP contribution in [-0.2, 0) is 4.79 Å². The molecule has 0 saturated carbocycles. The smallest absolute Gasteiger partial charge is 0.220 e. The molecule has 5 heteroatoms. The molecule has 3 atom stereocenters. The molecule has 1 aromatic carbocycles. The molecule has 2 unspecified atom stereocenters. The molecule has 1 saturated heterocycles. The zero-order valence-electron chi connectivity index (χ0n) is 21.6. The molecule has 194 valence electrons. The maximum Gasteiger partial charge on any atom is 0.220 e. The van der Waals surface area contributed by atoms with Crippen molar-refractivity contribution in [1.29, 1.82) is 0 Å². The number of nitrogens with zero attached hydrogens (tertiary/aromatic N) is 1. The van der Waals surface area contributed by atoms with E-state index in [4.69, 9.17) is 0 Å². The predicted octanol–water partition coefficient (Wildman–Crippen LogP) is 5.75. The first-order chi connectivity index (χ1) is 16.6. The van der Waals surface area contributed by atoms with Crippen molar-refractivity contribution in [3.05, 3.63) is 35.9 Å². The summed E-state index contributed by atoms with van der Waals surface area (Å²) in [6.07, 6.45) is 17.0. The highest BCUT2D eigenvalue weighted by atomic mass is 16.3. The molecule has 0 aliphatic carbocycles. The lowest BCUT2D eigenvalue weighted by Crippen LogP contribution is -2.47. The summed E-state index contributed by atoms with van der Waals surface area (Å²) in [5.74, 6) is 0.0165. The summed E-state index contributed by atoms with van der Waals surface area (Å²) in [6.45, 7) is 4.22. The van der Waals surface area contributed by atoms with Gasteiger partial charge in [-0.15, -0.1) is 0 Å². The Bertz CT molecular complexity index is 640. The van der Waals surface area contributed by atoms with Crippen molar-refractivity contribution in [3.8, 4) is 0 Å². The number of nitrogens with one attached hydrogen (secondary N) is 1. The van der Waals surface area contributed by atoms with Crippen LogP contribution in [0.3, 0.4) is 0 Å². The molecule has 5 nitrogen and oxygen atoms in total. The third kappa shape index (κ3) is 12.3. The highest BCUT2D eigenvalue weighted by Gasteiger charge is 2.28. The van der Waals surface area contributed by atoms with Gasteiger partial charge in [-0.2, -0.15) is 0 Å². The number of aliphatic hydroxyl groups excluding tert-OH is 2. The van der Waals surface area contributed by atoms with Crippen LogP contribution < -0.4 is 5.32 Å². The minimum Gasteiger partial charge on any atom is -0.392 e. The molecule has 1 fully saturated rings. The lowest BCUT2D eigenvalue weighted by molar-refractivity contribution is -0.123. The Morgan fingerprint density at radius 3 is 2.03 bits per heavy atom. The molecule has 0 radical (unpaired) electrons. The monoisotopic (exact) mass is 474 g/mol. The highest BCUT2D eigenvalue weighted by molar-refractivity contribution is 5.76. The number of β-amino-alcohol motifs (C(OH)–C–C–N with tert-alkyl or cyclic N) is 1. The lowest BCUT2D eigenvalue weighted by atomic mass is 10.0. The van der Waals surface area contributed by atoms with E-state index >= 15 is 0 Å². The van der Waals surface area contributed by atoms with Gasteiger partial charge in [-0.3, -0.25) is 9.69 Å². The van der Waals surface area contributed by atoms with Crippen molar-refractivity contribution in [1.82, 2.24) is 10.2 Å². The quantitative estimate of drug-likeness (QED) is 0.223. The number of likely N-dealkylation sites (tertiary alicyclic amines) is 1. The summed E-state index contributed by atoms with van der Waals surface area (Å²) in [4.78, 5) is 14.8. The van der Waals surface area contributed by atoms with Crippen molar-refractivity contribution < 1.29 is 15.0 Å². The van der Waals surface area contributed by atoms with E-state index in [0.29, 0.717) is 19.5 Å². The fraction of sp³-hybridized carbons (Fsp3) is 0.759. The number of benzene rings is 1. The van der Waals surface area contributed by atoms with Crippen LogP contribution in [0, 0.1) is 0 Å². The Morgan fingerprint density at radius 2 is 1.50 bits per heavy atom. The van der Waals surface area contributed by atoms with Crippen molar-refractivity contribution in [2.45, 2.75) is 121 Å². The van der Waals surface area contributed by atoms with Crippen molar-refractivity contribution in [3.63, 3.8) is 0 Å². The van der Waals surface area contributed by atoms with Crippen LogP contribution in [0.5, 0.6) is 0 Å². The summed E-state index contributed by atoms with van der Waals surface area (Å²) < 4.78 is 0. The van der Waals surface area contributed by atoms with Gasteiger partial charge in [-0.1, -0.05) is 114 Å². The maximum absolute atomic E-state index is 12.6. The number of amides is 1. The first-order valence-electron chi connectivity index (χ1n) is 14.0. The molecule has 1 aromatic rings. The molecule has 1 aliphatic heterocycles. The zero-order valence-corrected chi connectivity index (χ0v) is 21.6. The van der Waals surface area contributed by atoms with E-state index in [-0.39, 0.29) is 18.1 Å². The Hall–Kier alpha value is -1.43. The van der Waals surface area contributed by atoms with Crippen molar-refractivity contribution in [2.24, 2.45) is 0 Å². The van der Waals surface area contributed by atoms with Crippen LogP contribution in [0.2, 0.25) is 0 Å². The van der Waals surface area contributed by atoms with Gasteiger partial charge in [0.15, 0.2) is 0 Å². The second-order valence-corrected chi connectivity index (χ2v) is 10.2. The minimum absolute atomic E-state index is 0.0165. The number of unbranched alkanes of at least 4 members (excludes halogenated alkanes) is 12. The molecule has 2 rings (SSSR count). The molecule has 3 N–H and O–H groups in total. The van der Waals surface area contributed by atoms with E-state index in [9.17, 15) is 15.0 Å². The third-order valence-electron chi connectivity index (χ3n) is 7.08. The number of aliphatic hydroxyl groups is 2. The van der Waals surface area contributed by atoms with Crippen LogP contribution in [0.1, 0.15) is 115 Å². The van der Waals surface area contributed by atoms with Gasteiger partial charge < -0.3 is 15.5 Å². The number of hydrogen-bond acceptors (Lipinski definition) is 4. The summed E-state index contributed by atoms with van der Waals surface area (Å²) in [5.41, 5.74) is 0.813. The van der Waals surface area contributed by atoms with E-state index in [1.54, 1.807) is 0 Å². The Morgan fingerprint density at radius 1 is 0.941 bits per heavy atom. The van der Waals surface area contributed by atoms with Crippen molar-refractivity contribution in [2.75, 3.05) is 19.6 Å². The van der Waals surface area contributed by atoms with Gasteiger partial charge in [0.05, 0.1) is 12.1 Å². The average Bonchev–Trinajstić information content (AvgIpc) is 3.26. The molecule has 0 aromatic heterocycles. The van der Waals surface area contributed by atoms with Crippen LogP contribution in [0.25, 0.3) is 0 Å². The average molecular weight is 475 g/mol. The standard InChI is InChI=1S/C29H50N2O3/c1-2-3-4-5-6-7-8-9-10-11-12-13-17-20-28(33)30-27(24-31-22-21-26(32)23-31)29(34)25-18-15-14-16-19-25/h14-16,18-19,26-27,29,32,34H,2-13,17,20-24H2,1H3,(H,30,33)/t26?,27?,29-/m1/s1. The molecule has 1 heterocycles. The fourth-order valence-electron chi connectivity index (χ4n) is 4.95. The molecule has 1 aliphatic rings. The van der Waals surface area contributed by atoms with Gasteiger partial charge in [0.2, 0.25) is 5.91 Å². The first kappa shape index (κ1) is 28.8. The summed E-state index contributed by atoms with van der Waals surface area (Å²) in [5, 5.41) is 23.9. The van der Waals surface area contributed by atoms with Crippen LogP contribution in [-0.4, -0.2) is 52.8 Å². The predicted molar refractivity (Wildman–Crippen MR) is 141 cm³/mol. The van der Waals surface area contributed by atoms with Crippen LogP contribution >= 0.6 is 0 Å². The zero-order chi connectivity index (χ0) is 24.4. The second kappa shape index (κ2) is 17.9. The van der Waals surface area contributed by atoms with E-state index in [0.717, 1.165) is 31.4 Å². The number of rotatable bonds is 19. The van der Waals surface area contributed by atoms with Gasteiger partial charge in [0.1, 0.15) is 6.10 Å². The van der Waals surface area contributed by atoms with Crippen LogP contribution in [0.4, 0.5) is 0 Å². The normalized spacial score (nSPS) is 18.1. The molecule has 0 spiro atoms. The van der Waals surface area contributed by atoms with Gasteiger partial charge in [0, 0.05) is 26.1 Å². The Labute approximate surface area is 208 Å². The number of carbonyl (C=O) groups is 1. The maximum atomic E-state index is 12.6. The van der Waals surface area contributed by atoms with E-state index in [1.807, 2.05) is 30.3 Å². The molecule has 34 heavy (non-hydrogen) atoms. The van der Waals surface area contributed by atoms with Crippen molar-refractivity contribution >= 4 is 5.91 Å². The SMILES string of the molecule is CCCCCCCCCCCCCCCC(=O)NC(CN1CCC(O)C1)[C@H](O)c1ccccc1.